The predicted molar refractivity (Wildman–Crippen MR) is 108 cm³/mol. The zero-order chi connectivity index (χ0) is 17.6. The van der Waals surface area contributed by atoms with Gasteiger partial charge < -0.3 is 0 Å². The molecule has 1 aromatic heterocycles. The molecule has 0 saturated carbocycles. The second-order valence-electron chi connectivity index (χ2n) is 6.14. The lowest BCUT2D eigenvalue weighted by molar-refractivity contribution is 0.632. The van der Waals surface area contributed by atoms with E-state index in [0.717, 1.165) is 35.3 Å². The largest absolute Gasteiger partial charge is 0.206 e. The second kappa shape index (κ2) is 8.26. The van der Waals surface area contributed by atoms with Gasteiger partial charge in [-0.15, -0.1) is 11.3 Å². The van der Waals surface area contributed by atoms with Crippen LogP contribution in [0.1, 0.15) is 37.1 Å². The molecular formula is C23H23FS. The van der Waals surface area contributed by atoms with Crippen LogP contribution in [0, 0.1) is 5.82 Å². The van der Waals surface area contributed by atoms with Crippen LogP contribution < -0.4 is 0 Å². The van der Waals surface area contributed by atoms with Crippen LogP contribution in [0.4, 0.5) is 4.39 Å². The standard InChI is InChI=1S/C23H23FS/c1-3-5-6-7-20-13-15-23(25-20)21-14-12-19(16-22(21)24)18-10-8-17(4-2)9-11-18/h6-16H,3-5H2,1-2H3. The zero-order valence-electron chi connectivity index (χ0n) is 14.8. The third kappa shape index (κ3) is 4.26. The molecule has 1 heterocycles. The molecule has 128 valence electrons. The Hall–Kier alpha value is -2.19. The SMILES string of the molecule is CCCC=Cc1ccc(-c2ccc(-c3ccc(CC)cc3)cc2F)s1. The normalized spacial score (nSPS) is 11.3. The molecule has 0 fully saturated rings. The Labute approximate surface area is 153 Å². The van der Waals surface area contributed by atoms with Gasteiger partial charge in [0.1, 0.15) is 5.82 Å². The molecule has 0 unspecified atom stereocenters. The molecule has 25 heavy (non-hydrogen) atoms. The van der Waals surface area contributed by atoms with Crippen molar-refractivity contribution in [1.29, 1.82) is 0 Å². The lowest BCUT2D eigenvalue weighted by Crippen LogP contribution is -1.86. The summed E-state index contributed by atoms with van der Waals surface area (Å²) in [5.41, 5.74) is 3.94. The molecule has 0 radical (unpaired) electrons. The van der Waals surface area contributed by atoms with Gasteiger partial charge in [-0.2, -0.15) is 0 Å². The summed E-state index contributed by atoms with van der Waals surface area (Å²) < 4.78 is 14.7. The Balaban J connectivity index is 1.84. The third-order valence-electron chi connectivity index (χ3n) is 4.29. The first-order valence-electron chi connectivity index (χ1n) is 8.87. The maximum atomic E-state index is 14.7. The highest BCUT2D eigenvalue weighted by atomic mass is 32.1. The van der Waals surface area contributed by atoms with Crippen molar-refractivity contribution in [3.8, 4) is 21.6 Å². The summed E-state index contributed by atoms with van der Waals surface area (Å²) in [4.78, 5) is 2.14. The number of allylic oxidation sites excluding steroid dienone is 1. The van der Waals surface area contributed by atoms with Crippen LogP contribution in [-0.4, -0.2) is 0 Å². The number of halogens is 1. The van der Waals surface area contributed by atoms with Crippen molar-refractivity contribution in [3.05, 3.63) is 76.9 Å². The number of unbranched alkanes of at least 4 members (excludes halogenated alkanes) is 1. The number of hydrogen-bond acceptors (Lipinski definition) is 1. The zero-order valence-corrected chi connectivity index (χ0v) is 15.6. The van der Waals surface area contributed by atoms with Crippen molar-refractivity contribution in [3.63, 3.8) is 0 Å². The number of rotatable bonds is 6. The monoisotopic (exact) mass is 350 g/mol. The molecule has 3 rings (SSSR count). The highest BCUT2D eigenvalue weighted by Gasteiger charge is 2.09. The van der Waals surface area contributed by atoms with E-state index in [-0.39, 0.29) is 5.82 Å². The summed E-state index contributed by atoms with van der Waals surface area (Å²) in [6.07, 6.45) is 7.53. The number of aryl methyl sites for hydroxylation is 1. The van der Waals surface area contributed by atoms with Crippen LogP contribution in [0.25, 0.3) is 27.6 Å². The van der Waals surface area contributed by atoms with Gasteiger partial charge in [-0.3, -0.25) is 0 Å². The van der Waals surface area contributed by atoms with Crippen molar-refractivity contribution in [2.45, 2.75) is 33.1 Å². The van der Waals surface area contributed by atoms with Gasteiger partial charge in [-0.1, -0.05) is 56.7 Å². The third-order valence-corrected chi connectivity index (χ3v) is 5.38. The lowest BCUT2D eigenvalue weighted by Gasteiger charge is -2.06. The van der Waals surface area contributed by atoms with Crippen molar-refractivity contribution in [2.24, 2.45) is 0 Å². The molecule has 2 aromatic carbocycles. The van der Waals surface area contributed by atoms with Crippen molar-refractivity contribution >= 4 is 17.4 Å². The van der Waals surface area contributed by atoms with Crippen LogP contribution in [-0.2, 0) is 6.42 Å². The van der Waals surface area contributed by atoms with Crippen molar-refractivity contribution in [2.75, 3.05) is 0 Å². The summed E-state index contributed by atoms with van der Waals surface area (Å²) >= 11 is 1.63. The minimum absolute atomic E-state index is 0.164. The highest BCUT2D eigenvalue weighted by molar-refractivity contribution is 7.16. The molecule has 0 bridgehead atoms. The molecule has 3 aromatic rings. The van der Waals surface area contributed by atoms with Crippen LogP contribution in [0.3, 0.4) is 0 Å². The first kappa shape index (κ1) is 17.6. The Morgan fingerprint density at radius 3 is 2.36 bits per heavy atom. The summed E-state index contributed by atoms with van der Waals surface area (Å²) in [6, 6.07) is 17.9. The van der Waals surface area contributed by atoms with Gasteiger partial charge in [0.15, 0.2) is 0 Å². The number of hydrogen-bond donors (Lipinski definition) is 0. The van der Waals surface area contributed by atoms with E-state index in [2.05, 4.69) is 56.3 Å². The van der Waals surface area contributed by atoms with E-state index in [1.807, 2.05) is 18.2 Å². The smallest absolute Gasteiger partial charge is 0.132 e. The van der Waals surface area contributed by atoms with Gasteiger partial charge in [0.05, 0.1) is 0 Å². The summed E-state index contributed by atoms with van der Waals surface area (Å²) in [5, 5.41) is 0. The van der Waals surface area contributed by atoms with Gasteiger partial charge >= 0.3 is 0 Å². The van der Waals surface area contributed by atoms with E-state index in [1.54, 1.807) is 17.4 Å². The molecule has 0 aliphatic rings. The van der Waals surface area contributed by atoms with E-state index in [9.17, 15) is 4.39 Å². The van der Waals surface area contributed by atoms with Crippen LogP contribution >= 0.6 is 11.3 Å². The van der Waals surface area contributed by atoms with E-state index >= 15 is 0 Å². The topological polar surface area (TPSA) is 0 Å². The van der Waals surface area contributed by atoms with Crippen molar-refractivity contribution < 1.29 is 4.39 Å². The quantitative estimate of drug-likeness (QED) is 0.429. The first-order valence-corrected chi connectivity index (χ1v) is 9.68. The van der Waals surface area contributed by atoms with Crippen LogP contribution in [0.5, 0.6) is 0 Å². The van der Waals surface area contributed by atoms with E-state index < -0.39 is 0 Å². The van der Waals surface area contributed by atoms with E-state index in [4.69, 9.17) is 0 Å². The van der Waals surface area contributed by atoms with Gasteiger partial charge in [0, 0.05) is 15.3 Å². The molecule has 0 aliphatic heterocycles. The molecule has 0 N–H and O–H groups in total. The molecule has 0 spiro atoms. The summed E-state index contributed by atoms with van der Waals surface area (Å²) in [5.74, 6) is -0.164. The van der Waals surface area contributed by atoms with E-state index in [1.165, 1.54) is 10.4 Å². The average Bonchev–Trinajstić information content (AvgIpc) is 3.10. The Bertz CT molecular complexity index is 856. The molecule has 0 nitrogen and oxygen atoms in total. The number of benzene rings is 2. The van der Waals surface area contributed by atoms with E-state index in [0.29, 0.717) is 5.56 Å². The molecule has 0 aliphatic carbocycles. The highest BCUT2D eigenvalue weighted by Crippen LogP contribution is 2.33. The summed E-state index contributed by atoms with van der Waals surface area (Å²) in [7, 11) is 0. The van der Waals surface area contributed by atoms with Gasteiger partial charge in [-0.05, 0) is 59.9 Å². The summed E-state index contributed by atoms with van der Waals surface area (Å²) in [6.45, 7) is 4.30. The fourth-order valence-electron chi connectivity index (χ4n) is 2.78. The predicted octanol–water partition coefficient (Wildman–Crippen LogP) is 7.60. The lowest BCUT2D eigenvalue weighted by atomic mass is 10.0. The minimum Gasteiger partial charge on any atom is -0.206 e. The molecule has 2 heteroatoms. The number of thiophene rings is 1. The van der Waals surface area contributed by atoms with Crippen LogP contribution in [0.2, 0.25) is 0 Å². The second-order valence-corrected chi connectivity index (χ2v) is 7.25. The van der Waals surface area contributed by atoms with Crippen LogP contribution in [0.15, 0.2) is 60.7 Å². The average molecular weight is 351 g/mol. The molecular weight excluding hydrogens is 327 g/mol. The molecule has 0 atom stereocenters. The first-order chi connectivity index (χ1) is 12.2. The van der Waals surface area contributed by atoms with Gasteiger partial charge in [0.25, 0.3) is 0 Å². The van der Waals surface area contributed by atoms with Gasteiger partial charge in [0.2, 0.25) is 0 Å². The molecule has 0 amide bonds. The fourth-order valence-corrected chi connectivity index (χ4v) is 3.75. The Morgan fingerprint density at radius 2 is 1.68 bits per heavy atom. The minimum atomic E-state index is -0.164. The maximum Gasteiger partial charge on any atom is 0.132 e. The Kier molecular flexibility index (Phi) is 5.83. The fraction of sp³-hybridized carbons (Fsp3) is 0.217. The Morgan fingerprint density at radius 1 is 0.920 bits per heavy atom. The maximum absolute atomic E-state index is 14.7. The molecule has 0 saturated heterocycles. The van der Waals surface area contributed by atoms with Crippen molar-refractivity contribution in [1.82, 2.24) is 0 Å². The van der Waals surface area contributed by atoms with Gasteiger partial charge in [-0.25, -0.2) is 4.39 Å².